The van der Waals surface area contributed by atoms with E-state index in [1.165, 1.54) is 30.6 Å². The smallest absolute Gasteiger partial charge is 0.207 e. The van der Waals surface area contributed by atoms with Gasteiger partial charge in [0.2, 0.25) is 10.0 Å². The highest BCUT2D eigenvalue weighted by Gasteiger charge is 2.41. The molecule has 3 atom stereocenters. The highest BCUT2D eigenvalue weighted by atomic mass is 79.9. The third-order valence-corrected chi connectivity index (χ3v) is 7.46. The van der Waals surface area contributed by atoms with Gasteiger partial charge in [-0.15, -0.1) is 11.3 Å². The van der Waals surface area contributed by atoms with Gasteiger partial charge in [-0.3, -0.25) is 0 Å². The molecule has 17 heavy (non-hydrogen) atoms. The maximum atomic E-state index is 12.2. The first-order chi connectivity index (χ1) is 8.04. The number of hydrogen-bond donors (Lipinski definition) is 1. The van der Waals surface area contributed by atoms with Crippen molar-refractivity contribution < 1.29 is 8.42 Å². The van der Waals surface area contributed by atoms with E-state index in [1.54, 1.807) is 12.1 Å². The first-order valence-electron chi connectivity index (χ1n) is 5.82. The van der Waals surface area contributed by atoms with Crippen LogP contribution in [0.2, 0.25) is 0 Å². The molecule has 3 rings (SSSR count). The summed E-state index contributed by atoms with van der Waals surface area (Å²) in [5.41, 5.74) is 0. The molecule has 2 fully saturated rings. The van der Waals surface area contributed by atoms with Gasteiger partial charge in [0.05, 0.1) is 3.79 Å². The minimum absolute atomic E-state index is 0.166. The molecule has 2 aliphatic rings. The fraction of sp³-hybridized carbons (Fsp3) is 0.636. The van der Waals surface area contributed by atoms with Crippen LogP contribution in [0.25, 0.3) is 0 Å². The average Bonchev–Trinajstić information content (AvgIpc) is 2.92. The predicted octanol–water partition coefficient (Wildman–Crippen LogP) is 2.98. The standard InChI is InChI=1S/C11H14BrNO2S2/c12-10-3-4-11(16-10)17(14,15)13-9-6-7-1-2-8(9)5-7/h3-4,7-9,13H,1-2,5-6H2/t7-,8-,9-/m0/s1. The Bertz CT molecular complexity index is 525. The monoisotopic (exact) mass is 335 g/mol. The Morgan fingerprint density at radius 3 is 2.65 bits per heavy atom. The summed E-state index contributed by atoms with van der Waals surface area (Å²) < 4.78 is 28.5. The molecule has 2 saturated carbocycles. The molecule has 0 saturated heterocycles. The van der Waals surface area contributed by atoms with Crippen molar-refractivity contribution in [1.82, 2.24) is 4.72 Å². The number of fused-ring (bicyclic) bond motifs is 2. The summed E-state index contributed by atoms with van der Waals surface area (Å²) in [5.74, 6) is 1.32. The van der Waals surface area contributed by atoms with Crippen LogP contribution < -0.4 is 4.72 Å². The zero-order chi connectivity index (χ0) is 12.0. The van der Waals surface area contributed by atoms with E-state index in [2.05, 4.69) is 20.7 Å². The van der Waals surface area contributed by atoms with Crippen LogP contribution in [0.3, 0.4) is 0 Å². The summed E-state index contributed by atoms with van der Waals surface area (Å²) in [5, 5.41) is 0. The quantitative estimate of drug-likeness (QED) is 0.922. The van der Waals surface area contributed by atoms with Gasteiger partial charge in [0.15, 0.2) is 0 Å². The van der Waals surface area contributed by atoms with E-state index in [0.29, 0.717) is 10.1 Å². The van der Waals surface area contributed by atoms with Crippen LogP contribution in [0, 0.1) is 11.8 Å². The molecule has 6 heteroatoms. The summed E-state index contributed by atoms with van der Waals surface area (Å²) in [4.78, 5) is 0. The Kier molecular flexibility index (Phi) is 3.09. The van der Waals surface area contributed by atoms with E-state index in [9.17, 15) is 8.42 Å². The van der Waals surface area contributed by atoms with Crippen LogP contribution in [0.15, 0.2) is 20.1 Å². The molecule has 94 valence electrons. The van der Waals surface area contributed by atoms with Crippen LogP contribution >= 0.6 is 27.3 Å². The number of thiophene rings is 1. The molecule has 1 aromatic heterocycles. The number of hydrogen-bond acceptors (Lipinski definition) is 3. The van der Waals surface area contributed by atoms with E-state index in [1.807, 2.05) is 0 Å². The lowest BCUT2D eigenvalue weighted by Gasteiger charge is -2.22. The zero-order valence-electron chi connectivity index (χ0n) is 9.23. The van der Waals surface area contributed by atoms with Gasteiger partial charge in [-0.1, -0.05) is 6.42 Å². The van der Waals surface area contributed by atoms with Crippen molar-refractivity contribution in [2.24, 2.45) is 11.8 Å². The van der Waals surface area contributed by atoms with Crippen LogP contribution in [0.1, 0.15) is 25.7 Å². The van der Waals surface area contributed by atoms with Crippen LogP contribution in [-0.2, 0) is 10.0 Å². The van der Waals surface area contributed by atoms with Crippen molar-refractivity contribution in [3.8, 4) is 0 Å². The van der Waals surface area contributed by atoms with Crippen molar-refractivity contribution in [3.05, 3.63) is 15.9 Å². The molecule has 0 amide bonds. The van der Waals surface area contributed by atoms with E-state index in [4.69, 9.17) is 0 Å². The van der Waals surface area contributed by atoms with Crippen molar-refractivity contribution >= 4 is 37.3 Å². The Hall–Kier alpha value is 0.0900. The maximum Gasteiger partial charge on any atom is 0.250 e. The molecule has 1 heterocycles. The first kappa shape index (κ1) is 12.1. The first-order valence-corrected chi connectivity index (χ1v) is 8.91. The van der Waals surface area contributed by atoms with Gasteiger partial charge < -0.3 is 0 Å². The topological polar surface area (TPSA) is 46.2 Å². The average molecular weight is 336 g/mol. The van der Waals surface area contributed by atoms with Crippen LogP contribution in [0.4, 0.5) is 0 Å². The third kappa shape index (κ3) is 2.32. The normalized spacial score (nSPS) is 32.2. The molecule has 1 N–H and O–H groups in total. The molecular weight excluding hydrogens is 322 g/mol. The summed E-state index contributed by atoms with van der Waals surface area (Å²) in [6.45, 7) is 0. The summed E-state index contributed by atoms with van der Waals surface area (Å²) in [7, 11) is -3.31. The van der Waals surface area contributed by atoms with Crippen molar-refractivity contribution in [2.75, 3.05) is 0 Å². The molecule has 1 aromatic rings. The van der Waals surface area contributed by atoms with Crippen LogP contribution in [-0.4, -0.2) is 14.5 Å². The molecule has 0 radical (unpaired) electrons. The highest BCUT2D eigenvalue weighted by Crippen LogP contribution is 2.45. The Morgan fingerprint density at radius 1 is 1.29 bits per heavy atom. The second-order valence-electron chi connectivity index (χ2n) is 4.96. The highest BCUT2D eigenvalue weighted by molar-refractivity contribution is 9.11. The van der Waals surface area contributed by atoms with Crippen molar-refractivity contribution in [1.29, 1.82) is 0 Å². The number of nitrogens with one attached hydrogen (secondary N) is 1. The molecule has 0 spiro atoms. The van der Waals surface area contributed by atoms with Gasteiger partial charge in [0.1, 0.15) is 4.21 Å². The van der Waals surface area contributed by atoms with Gasteiger partial charge in [-0.2, -0.15) is 0 Å². The maximum absolute atomic E-state index is 12.2. The Labute approximate surface area is 114 Å². The fourth-order valence-electron chi connectivity index (χ4n) is 3.09. The lowest BCUT2D eigenvalue weighted by molar-refractivity contribution is 0.390. The second kappa shape index (κ2) is 4.33. The molecule has 0 unspecified atom stereocenters. The van der Waals surface area contributed by atoms with E-state index >= 15 is 0 Å². The SMILES string of the molecule is O=S(=O)(N[C@H]1C[C@H]2CC[C@H]1C2)c1ccc(Br)s1. The summed E-state index contributed by atoms with van der Waals surface area (Å²) >= 11 is 4.56. The van der Waals surface area contributed by atoms with Gasteiger partial charge in [0, 0.05) is 6.04 Å². The number of halogens is 1. The van der Waals surface area contributed by atoms with E-state index in [-0.39, 0.29) is 6.04 Å². The minimum Gasteiger partial charge on any atom is -0.207 e. The van der Waals surface area contributed by atoms with Crippen molar-refractivity contribution in [2.45, 2.75) is 35.9 Å². The van der Waals surface area contributed by atoms with Gasteiger partial charge in [-0.25, -0.2) is 13.1 Å². The molecule has 2 aliphatic carbocycles. The molecule has 2 bridgehead atoms. The molecule has 0 aromatic carbocycles. The van der Waals surface area contributed by atoms with E-state index in [0.717, 1.165) is 16.1 Å². The fourth-order valence-corrected chi connectivity index (χ4v) is 6.43. The Morgan fingerprint density at radius 2 is 2.12 bits per heavy atom. The summed E-state index contributed by atoms with van der Waals surface area (Å²) in [6, 6.07) is 3.60. The molecule has 0 aliphatic heterocycles. The second-order valence-corrected chi connectivity index (χ2v) is 9.37. The molecular formula is C11H14BrNO2S2. The Balaban J connectivity index is 1.76. The predicted molar refractivity (Wildman–Crippen MR) is 71.6 cm³/mol. The third-order valence-electron chi connectivity index (χ3n) is 3.86. The van der Waals surface area contributed by atoms with E-state index < -0.39 is 10.0 Å². The largest absolute Gasteiger partial charge is 0.250 e. The van der Waals surface area contributed by atoms with Crippen LogP contribution in [0.5, 0.6) is 0 Å². The van der Waals surface area contributed by atoms with Gasteiger partial charge >= 0.3 is 0 Å². The van der Waals surface area contributed by atoms with Gasteiger partial charge in [0.25, 0.3) is 0 Å². The summed E-state index contributed by atoms with van der Waals surface area (Å²) in [6.07, 6.45) is 4.71. The molecule has 3 nitrogen and oxygen atoms in total. The van der Waals surface area contributed by atoms with Gasteiger partial charge in [-0.05, 0) is 59.2 Å². The lowest BCUT2D eigenvalue weighted by Crippen LogP contribution is -2.38. The van der Waals surface area contributed by atoms with Crippen molar-refractivity contribution in [3.63, 3.8) is 0 Å². The number of rotatable bonds is 3. The minimum atomic E-state index is -3.31. The lowest BCUT2D eigenvalue weighted by atomic mass is 9.96. The number of sulfonamides is 1. The zero-order valence-corrected chi connectivity index (χ0v) is 12.4.